The number of ether oxygens (including phenoxy) is 1. The lowest BCUT2D eigenvalue weighted by atomic mass is 9.98. The normalized spacial score (nSPS) is 14.8. The molecule has 1 N–H and O–H groups in total. The minimum absolute atomic E-state index is 0.243. The first-order valence-corrected chi connectivity index (χ1v) is 6.61. The molecule has 104 valence electrons. The smallest absolute Gasteiger partial charge is 0.311 e. The van der Waals surface area contributed by atoms with E-state index in [9.17, 15) is 9.90 Å². The molecule has 19 heavy (non-hydrogen) atoms. The van der Waals surface area contributed by atoms with E-state index in [1.807, 2.05) is 50.3 Å². The predicted octanol–water partition coefficient (Wildman–Crippen LogP) is 3.08. The van der Waals surface area contributed by atoms with Crippen LogP contribution in [0, 0.1) is 5.92 Å². The van der Waals surface area contributed by atoms with Gasteiger partial charge in [-0.2, -0.15) is 0 Å². The topological polar surface area (TPSA) is 46.5 Å². The van der Waals surface area contributed by atoms with Crippen LogP contribution in [0.3, 0.4) is 0 Å². The molecule has 0 saturated carbocycles. The van der Waals surface area contributed by atoms with E-state index in [1.165, 1.54) is 0 Å². The van der Waals surface area contributed by atoms with Crippen molar-refractivity contribution >= 4 is 5.97 Å². The SMILES string of the molecule is CC/C=C(\C)[C@H](O)C(C)C(=O)OCc1ccccc1. The molecule has 3 nitrogen and oxygen atoms in total. The van der Waals surface area contributed by atoms with E-state index >= 15 is 0 Å². The predicted molar refractivity (Wildman–Crippen MR) is 75.5 cm³/mol. The molecule has 0 amide bonds. The molecule has 0 aliphatic carbocycles. The summed E-state index contributed by atoms with van der Waals surface area (Å²) >= 11 is 0. The lowest BCUT2D eigenvalue weighted by Crippen LogP contribution is -2.28. The Morgan fingerprint density at radius 2 is 2.00 bits per heavy atom. The highest BCUT2D eigenvalue weighted by Gasteiger charge is 2.24. The Kier molecular flexibility index (Phi) is 6.30. The van der Waals surface area contributed by atoms with Crippen molar-refractivity contribution in [2.75, 3.05) is 0 Å². The number of allylic oxidation sites excluding steroid dienone is 1. The fourth-order valence-corrected chi connectivity index (χ4v) is 1.83. The number of esters is 1. The van der Waals surface area contributed by atoms with Crippen molar-refractivity contribution in [3.05, 3.63) is 47.5 Å². The highest BCUT2D eigenvalue weighted by atomic mass is 16.5. The summed E-state index contributed by atoms with van der Waals surface area (Å²) in [6.45, 7) is 5.75. The van der Waals surface area contributed by atoms with Crippen molar-refractivity contribution in [3.8, 4) is 0 Å². The second-order valence-corrected chi connectivity index (χ2v) is 4.68. The average Bonchev–Trinajstić information content (AvgIpc) is 2.44. The summed E-state index contributed by atoms with van der Waals surface area (Å²) in [5, 5.41) is 10.0. The number of aliphatic hydroxyl groups is 1. The molecule has 0 saturated heterocycles. The first kappa shape index (κ1) is 15.4. The van der Waals surface area contributed by atoms with Gasteiger partial charge in [0.2, 0.25) is 0 Å². The van der Waals surface area contributed by atoms with Crippen LogP contribution in [-0.2, 0) is 16.1 Å². The Balaban J connectivity index is 2.51. The molecule has 0 aliphatic rings. The van der Waals surface area contributed by atoms with Crippen molar-refractivity contribution in [3.63, 3.8) is 0 Å². The molecule has 1 unspecified atom stereocenters. The number of carbonyl (C=O) groups is 1. The van der Waals surface area contributed by atoms with E-state index in [0.29, 0.717) is 0 Å². The van der Waals surface area contributed by atoms with Crippen LogP contribution in [0.1, 0.15) is 32.8 Å². The summed E-state index contributed by atoms with van der Waals surface area (Å²) in [6, 6.07) is 9.51. The third kappa shape index (κ3) is 4.87. The standard InChI is InChI=1S/C16H22O3/c1-4-8-12(2)15(17)13(3)16(18)19-11-14-9-6-5-7-10-14/h5-10,13,15,17H,4,11H2,1-3H3/b12-8+/t13?,15-/m0/s1. The maximum atomic E-state index is 11.9. The number of aliphatic hydroxyl groups excluding tert-OH is 1. The summed E-state index contributed by atoms with van der Waals surface area (Å²) in [7, 11) is 0. The van der Waals surface area contributed by atoms with Gasteiger partial charge in [0.25, 0.3) is 0 Å². The van der Waals surface area contributed by atoms with E-state index < -0.39 is 12.0 Å². The molecule has 0 heterocycles. The van der Waals surface area contributed by atoms with Gasteiger partial charge >= 0.3 is 5.97 Å². The van der Waals surface area contributed by atoms with Gasteiger partial charge in [0, 0.05) is 0 Å². The van der Waals surface area contributed by atoms with Crippen molar-refractivity contribution in [1.82, 2.24) is 0 Å². The lowest BCUT2D eigenvalue weighted by Gasteiger charge is -2.18. The molecular formula is C16H22O3. The summed E-state index contributed by atoms with van der Waals surface area (Å²) in [5.41, 5.74) is 1.75. The fourth-order valence-electron chi connectivity index (χ4n) is 1.83. The summed E-state index contributed by atoms with van der Waals surface area (Å²) in [5.74, 6) is -0.924. The van der Waals surface area contributed by atoms with Gasteiger partial charge in [0.05, 0.1) is 12.0 Å². The van der Waals surface area contributed by atoms with E-state index in [0.717, 1.165) is 17.6 Å². The second-order valence-electron chi connectivity index (χ2n) is 4.68. The minimum Gasteiger partial charge on any atom is -0.461 e. The van der Waals surface area contributed by atoms with Crippen LogP contribution in [0.4, 0.5) is 0 Å². The molecule has 0 aromatic heterocycles. The third-order valence-corrected chi connectivity index (χ3v) is 3.06. The highest BCUT2D eigenvalue weighted by Crippen LogP contribution is 2.15. The summed E-state index contributed by atoms with van der Waals surface area (Å²) < 4.78 is 5.21. The van der Waals surface area contributed by atoms with Gasteiger partial charge in [-0.05, 0) is 31.4 Å². The molecule has 1 rings (SSSR count). The van der Waals surface area contributed by atoms with Gasteiger partial charge in [-0.25, -0.2) is 0 Å². The van der Waals surface area contributed by atoms with Gasteiger partial charge in [-0.15, -0.1) is 0 Å². The molecule has 0 radical (unpaired) electrons. The van der Waals surface area contributed by atoms with Gasteiger partial charge in [-0.1, -0.05) is 43.3 Å². The zero-order valence-electron chi connectivity index (χ0n) is 11.8. The summed E-state index contributed by atoms with van der Waals surface area (Å²) in [6.07, 6.45) is 1.99. The molecule has 2 atom stereocenters. The lowest BCUT2D eigenvalue weighted by molar-refractivity contribution is -0.152. The van der Waals surface area contributed by atoms with Crippen LogP contribution in [0.5, 0.6) is 0 Å². The van der Waals surface area contributed by atoms with Crippen molar-refractivity contribution in [1.29, 1.82) is 0 Å². The number of rotatable bonds is 6. The van der Waals surface area contributed by atoms with Gasteiger partial charge in [0.1, 0.15) is 6.61 Å². The van der Waals surface area contributed by atoms with Crippen molar-refractivity contribution < 1.29 is 14.6 Å². The van der Waals surface area contributed by atoms with Crippen LogP contribution in [-0.4, -0.2) is 17.2 Å². The van der Waals surface area contributed by atoms with Gasteiger partial charge < -0.3 is 9.84 Å². The molecule has 0 spiro atoms. The second kappa shape index (κ2) is 7.74. The Hall–Kier alpha value is -1.61. The van der Waals surface area contributed by atoms with Crippen LogP contribution < -0.4 is 0 Å². The molecular weight excluding hydrogens is 240 g/mol. The quantitative estimate of drug-likeness (QED) is 0.633. The monoisotopic (exact) mass is 262 g/mol. The molecule has 0 aliphatic heterocycles. The molecule has 1 aromatic carbocycles. The highest BCUT2D eigenvalue weighted by molar-refractivity contribution is 5.73. The van der Waals surface area contributed by atoms with Crippen LogP contribution in [0.25, 0.3) is 0 Å². The number of benzene rings is 1. The largest absolute Gasteiger partial charge is 0.461 e. The Bertz CT molecular complexity index is 423. The maximum absolute atomic E-state index is 11.9. The zero-order valence-corrected chi connectivity index (χ0v) is 11.8. The average molecular weight is 262 g/mol. The molecule has 0 bridgehead atoms. The fraction of sp³-hybridized carbons (Fsp3) is 0.438. The van der Waals surface area contributed by atoms with Gasteiger partial charge in [0.15, 0.2) is 0 Å². The first-order valence-electron chi connectivity index (χ1n) is 6.61. The molecule has 3 heteroatoms. The number of hydrogen-bond donors (Lipinski definition) is 1. The van der Waals surface area contributed by atoms with Crippen LogP contribution in [0.2, 0.25) is 0 Å². The maximum Gasteiger partial charge on any atom is 0.311 e. The molecule has 0 fully saturated rings. The van der Waals surface area contributed by atoms with Crippen molar-refractivity contribution in [2.45, 2.75) is 39.9 Å². The number of hydrogen-bond acceptors (Lipinski definition) is 3. The van der Waals surface area contributed by atoms with Crippen molar-refractivity contribution in [2.24, 2.45) is 5.92 Å². The number of carbonyl (C=O) groups excluding carboxylic acids is 1. The van der Waals surface area contributed by atoms with Crippen LogP contribution in [0.15, 0.2) is 42.0 Å². The van der Waals surface area contributed by atoms with E-state index in [-0.39, 0.29) is 12.6 Å². The zero-order chi connectivity index (χ0) is 14.3. The Morgan fingerprint density at radius 1 is 1.37 bits per heavy atom. The third-order valence-electron chi connectivity index (χ3n) is 3.06. The van der Waals surface area contributed by atoms with E-state index in [4.69, 9.17) is 4.74 Å². The minimum atomic E-state index is -0.775. The van der Waals surface area contributed by atoms with Gasteiger partial charge in [-0.3, -0.25) is 4.79 Å². The van der Waals surface area contributed by atoms with Crippen LogP contribution >= 0.6 is 0 Å². The Morgan fingerprint density at radius 3 is 2.58 bits per heavy atom. The van der Waals surface area contributed by atoms with E-state index in [2.05, 4.69) is 0 Å². The molecule has 1 aromatic rings. The first-order chi connectivity index (χ1) is 9.06. The van der Waals surface area contributed by atoms with E-state index in [1.54, 1.807) is 6.92 Å². The summed E-state index contributed by atoms with van der Waals surface area (Å²) in [4.78, 5) is 11.9. The Labute approximate surface area is 114 Å².